The van der Waals surface area contributed by atoms with Crippen molar-refractivity contribution in [3.63, 3.8) is 0 Å². The number of nitrogens with zero attached hydrogens (tertiary/aromatic N) is 1. The molecule has 1 N–H and O–H groups in total. The van der Waals surface area contributed by atoms with Crippen LogP contribution in [0.5, 0.6) is 5.75 Å². The maximum atomic E-state index is 12.3. The van der Waals surface area contributed by atoms with E-state index in [4.69, 9.17) is 27.9 Å². The van der Waals surface area contributed by atoms with Gasteiger partial charge in [0.25, 0.3) is 5.91 Å². The van der Waals surface area contributed by atoms with E-state index in [9.17, 15) is 9.59 Å². The Morgan fingerprint density at radius 3 is 2.63 bits per heavy atom. The molecule has 0 unspecified atom stereocenters. The highest BCUT2D eigenvalue weighted by atomic mass is 35.5. The summed E-state index contributed by atoms with van der Waals surface area (Å²) in [5.41, 5.74) is 0.693. The molecule has 0 bridgehead atoms. The van der Waals surface area contributed by atoms with Crippen molar-refractivity contribution < 1.29 is 14.3 Å². The number of benzene rings is 1. The molecule has 2 heterocycles. The minimum atomic E-state index is -0.0453. The van der Waals surface area contributed by atoms with E-state index in [-0.39, 0.29) is 24.5 Å². The Labute approximate surface area is 172 Å². The van der Waals surface area contributed by atoms with Gasteiger partial charge in [-0.3, -0.25) is 9.59 Å². The Morgan fingerprint density at radius 2 is 1.96 bits per heavy atom. The van der Waals surface area contributed by atoms with Crippen LogP contribution in [0.3, 0.4) is 0 Å². The van der Waals surface area contributed by atoms with Gasteiger partial charge in [-0.25, -0.2) is 0 Å². The van der Waals surface area contributed by atoms with Crippen LogP contribution in [-0.2, 0) is 4.79 Å². The molecule has 0 spiro atoms. The molecule has 1 aromatic heterocycles. The standard InChI is InChI=1S/C19H20Cl2N2O3S/c20-16-2-1-15(11-17(16)21)26-9-5-18(24)23-7-3-14(4-8-23)22-19(25)13-6-10-27-12-13/h1-2,6,10-12,14H,3-5,7-9H2,(H,22,25). The molecule has 0 saturated carbocycles. The number of ether oxygens (including phenoxy) is 1. The van der Waals surface area contributed by atoms with Gasteiger partial charge in [0.1, 0.15) is 5.75 Å². The number of carbonyl (C=O) groups is 2. The van der Waals surface area contributed by atoms with Crippen LogP contribution in [0.25, 0.3) is 0 Å². The number of piperidine rings is 1. The third-order valence-electron chi connectivity index (χ3n) is 4.44. The first-order valence-corrected chi connectivity index (χ1v) is 10.4. The van der Waals surface area contributed by atoms with Gasteiger partial charge in [-0.2, -0.15) is 11.3 Å². The van der Waals surface area contributed by atoms with Crippen LogP contribution in [0.4, 0.5) is 0 Å². The second-order valence-corrected chi connectivity index (χ2v) is 7.91. The highest BCUT2D eigenvalue weighted by Gasteiger charge is 2.24. The second-order valence-electron chi connectivity index (χ2n) is 6.31. The summed E-state index contributed by atoms with van der Waals surface area (Å²) in [6, 6.07) is 6.94. The van der Waals surface area contributed by atoms with E-state index in [1.54, 1.807) is 18.2 Å². The van der Waals surface area contributed by atoms with Gasteiger partial charge in [0.05, 0.1) is 23.1 Å². The second kappa shape index (κ2) is 9.44. The first-order chi connectivity index (χ1) is 13.0. The van der Waals surface area contributed by atoms with Crippen LogP contribution in [0.2, 0.25) is 10.0 Å². The third kappa shape index (κ3) is 5.61. The average Bonchev–Trinajstić information content (AvgIpc) is 3.20. The number of hydrogen-bond donors (Lipinski definition) is 1. The SMILES string of the molecule is O=C(NC1CCN(C(=O)CCOc2ccc(Cl)c(Cl)c2)CC1)c1ccsc1. The normalized spacial score (nSPS) is 14.8. The van der Waals surface area contributed by atoms with E-state index in [1.165, 1.54) is 11.3 Å². The summed E-state index contributed by atoms with van der Waals surface area (Å²) >= 11 is 13.3. The van der Waals surface area contributed by atoms with E-state index in [2.05, 4.69) is 5.32 Å². The highest BCUT2D eigenvalue weighted by Crippen LogP contribution is 2.26. The largest absolute Gasteiger partial charge is 0.493 e. The molecule has 1 aliphatic rings. The molecule has 2 aromatic rings. The lowest BCUT2D eigenvalue weighted by Gasteiger charge is -2.32. The third-order valence-corrected chi connectivity index (χ3v) is 5.86. The first kappa shape index (κ1) is 20.0. The molecule has 1 fully saturated rings. The number of thiophene rings is 1. The summed E-state index contributed by atoms with van der Waals surface area (Å²) < 4.78 is 5.57. The number of carbonyl (C=O) groups excluding carboxylic acids is 2. The van der Waals surface area contributed by atoms with E-state index in [0.29, 0.717) is 40.9 Å². The molecule has 0 atom stereocenters. The predicted molar refractivity (Wildman–Crippen MR) is 108 cm³/mol. The Balaban J connectivity index is 1.38. The molecule has 8 heteroatoms. The zero-order valence-corrected chi connectivity index (χ0v) is 16.9. The van der Waals surface area contributed by atoms with Crippen molar-refractivity contribution in [1.29, 1.82) is 0 Å². The fraction of sp³-hybridized carbons (Fsp3) is 0.368. The van der Waals surface area contributed by atoms with Crippen LogP contribution in [-0.4, -0.2) is 42.5 Å². The maximum Gasteiger partial charge on any atom is 0.252 e. The fourth-order valence-electron chi connectivity index (χ4n) is 2.92. The zero-order valence-electron chi connectivity index (χ0n) is 14.6. The number of nitrogens with one attached hydrogen (secondary N) is 1. The van der Waals surface area contributed by atoms with Gasteiger partial charge in [-0.15, -0.1) is 0 Å². The number of rotatable bonds is 6. The van der Waals surface area contributed by atoms with Crippen molar-refractivity contribution in [3.05, 3.63) is 50.6 Å². The van der Waals surface area contributed by atoms with Gasteiger partial charge < -0.3 is 15.0 Å². The lowest BCUT2D eigenvalue weighted by molar-refractivity contribution is -0.132. The maximum absolute atomic E-state index is 12.3. The van der Waals surface area contributed by atoms with Crippen molar-refractivity contribution in [2.24, 2.45) is 0 Å². The van der Waals surface area contributed by atoms with Gasteiger partial charge in [0.2, 0.25) is 5.91 Å². The summed E-state index contributed by atoms with van der Waals surface area (Å²) in [7, 11) is 0. The van der Waals surface area contributed by atoms with Crippen LogP contribution < -0.4 is 10.1 Å². The Morgan fingerprint density at radius 1 is 1.19 bits per heavy atom. The number of amides is 2. The molecule has 0 radical (unpaired) electrons. The van der Waals surface area contributed by atoms with Crippen LogP contribution in [0.15, 0.2) is 35.0 Å². The summed E-state index contributed by atoms with van der Waals surface area (Å²) in [6.07, 6.45) is 1.82. The fourth-order valence-corrected chi connectivity index (χ4v) is 3.84. The smallest absolute Gasteiger partial charge is 0.252 e. The van der Waals surface area contributed by atoms with Crippen LogP contribution in [0.1, 0.15) is 29.6 Å². The number of hydrogen-bond acceptors (Lipinski definition) is 4. The van der Waals surface area contributed by atoms with Crippen molar-refractivity contribution in [2.75, 3.05) is 19.7 Å². The van der Waals surface area contributed by atoms with Gasteiger partial charge in [-0.05, 0) is 36.4 Å². The number of likely N-dealkylation sites (tertiary alicyclic amines) is 1. The van der Waals surface area contributed by atoms with Crippen LogP contribution >= 0.6 is 34.5 Å². The molecule has 144 valence electrons. The zero-order chi connectivity index (χ0) is 19.2. The molecule has 5 nitrogen and oxygen atoms in total. The van der Waals surface area contributed by atoms with Crippen molar-refractivity contribution >= 4 is 46.4 Å². The Kier molecular flexibility index (Phi) is 6.99. The van der Waals surface area contributed by atoms with Gasteiger partial charge >= 0.3 is 0 Å². The summed E-state index contributed by atoms with van der Waals surface area (Å²) in [5, 5.41) is 7.65. The molecule has 3 rings (SSSR count). The quantitative estimate of drug-likeness (QED) is 0.750. The molecule has 1 aromatic carbocycles. The summed E-state index contributed by atoms with van der Waals surface area (Å²) in [6.45, 7) is 1.56. The minimum Gasteiger partial charge on any atom is -0.493 e. The Bertz CT molecular complexity index is 790. The molecular weight excluding hydrogens is 407 g/mol. The highest BCUT2D eigenvalue weighted by molar-refractivity contribution is 7.08. The van der Waals surface area contributed by atoms with E-state index < -0.39 is 0 Å². The minimum absolute atomic E-state index is 0.0453. The van der Waals surface area contributed by atoms with Crippen molar-refractivity contribution in [2.45, 2.75) is 25.3 Å². The van der Waals surface area contributed by atoms with E-state index in [0.717, 1.165) is 12.8 Å². The summed E-state index contributed by atoms with van der Waals surface area (Å²) in [4.78, 5) is 26.3. The van der Waals surface area contributed by atoms with Gasteiger partial charge in [-0.1, -0.05) is 23.2 Å². The molecule has 1 saturated heterocycles. The number of halogens is 2. The molecule has 27 heavy (non-hydrogen) atoms. The monoisotopic (exact) mass is 426 g/mol. The predicted octanol–water partition coefficient (Wildman–Crippen LogP) is 4.24. The molecule has 2 amide bonds. The van der Waals surface area contributed by atoms with E-state index in [1.807, 2.05) is 21.7 Å². The van der Waals surface area contributed by atoms with E-state index >= 15 is 0 Å². The molecular formula is C19H20Cl2N2O3S. The van der Waals surface area contributed by atoms with Crippen LogP contribution in [0, 0.1) is 0 Å². The lowest BCUT2D eigenvalue weighted by atomic mass is 10.0. The molecule has 1 aliphatic heterocycles. The van der Waals surface area contributed by atoms with Crippen molar-refractivity contribution in [1.82, 2.24) is 10.2 Å². The summed E-state index contributed by atoms with van der Waals surface area (Å²) in [5.74, 6) is 0.598. The molecule has 0 aliphatic carbocycles. The average molecular weight is 427 g/mol. The first-order valence-electron chi connectivity index (χ1n) is 8.71. The Hall–Kier alpha value is -1.76. The van der Waals surface area contributed by atoms with Gasteiger partial charge in [0, 0.05) is 36.1 Å². The lowest BCUT2D eigenvalue weighted by Crippen LogP contribution is -2.46. The van der Waals surface area contributed by atoms with Crippen molar-refractivity contribution in [3.8, 4) is 5.75 Å². The van der Waals surface area contributed by atoms with Gasteiger partial charge in [0.15, 0.2) is 0 Å². The topological polar surface area (TPSA) is 58.6 Å².